The zero-order chi connectivity index (χ0) is 21.8. The molecule has 31 heavy (non-hydrogen) atoms. The number of aromatic nitrogens is 1. The number of nitrogens with zero attached hydrogens (tertiary/aromatic N) is 2. The van der Waals surface area contributed by atoms with Crippen LogP contribution in [-0.2, 0) is 0 Å². The molecule has 2 aromatic carbocycles. The average Bonchev–Trinajstić information content (AvgIpc) is 3.33. The number of carbonyl (C=O) groups is 1. The first kappa shape index (κ1) is 20.6. The van der Waals surface area contributed by atoms with Crippen molar-refractivity contribution in [1.82, 2.24) is 15.2 Å². The Hall–Kier alpha value is -3.64. The molecule has 2 heterocycles. The number of rotatable bonds is 7. The van der Waals surface area contributed by atoms with E-state index in [9.17, 15) is 4.79 Å². The third-order valence-corrected chi connectivity index (χ3v) is 5.31. The molecule has 0 saturated heterocycles. The molecule has 4 rings (SSSR count). The van der Waals surface area contributed by atoms with Gasteiger partial charge in [0.25, 0.3) is 5.91 Å². The van der Waals surface area contributed by atoms with Crippen LogP contribution in [0, 0.1) is 0 Å². The fourth-order valence-electron chi connectivity index (χ4n) is 3.71. The van der Waals surface area contributed by atoms with E-state index in [-0.39, 0.29) is 11.9 Å². The van der Waals surface area contributed by atoms with Crippen molar-refractivity contribution in [2.75, 3.05) is 27.7 Å². The van der Waals surface area contributed by atoms with Gasteiger partial charge in [0.05, 0.1) is 30.5 Å². The Labute approximate surface area is 181 Å². The van der Waals surface area contributed by atoms with Gasteiger partial charge >= 0.3 is 0 Å². The van der Waals surface area contributed by atoms with Gasteiger partial charge in [-0.2, -0.15) is 0 Å². The quantitative estimate of drug-likeness (QED) is 0.480. The number of amides is 1. The lowest BCUT2D eigenvalue weighted by Crippen LogP contribution is -2.34. The summed E-state index contributed by atoms with van der Waals surface area (Å²) in [7, 11) is 5.63. The van der Waals surface area contributed by atoms with Crippen LogP contribution >= 0.6 is 0 Å². The molecule has 4 aromatic rings. The van der Waals surface area contributed by atoms with Crippen molar-refractivity contribution in [3.8, 4) is 17.2 Å². The van der Waals surface area contributed by atoms with Crippen LogP contribution in [0.3, 0.4) is 0 Å². The highest BCUT2D eigenvalue weighted by Crippen LogP contribution is 2.28. The molecule has 6 heteroatoms. The normalized spacial score (nSPS) is 12.1. The van der Waals surface area contributed by atoms with Gasteiger partial charge in [0.2, 0.25) is 0 Å². The lowest BCUT2D eigenvalue weighted by molar-refractivity contribution is 0.0943. The maximum atomic E-state index is 13.3. The molecule has 0 saturated carbocycles. The van der Waals surface area contributed by atoms with E-state index < -0.39 is 0 Å². The van der Waals surface area contributed by atoms with Crippen molar-refractivity contribution in [2.45, 2.75) is 6.04 Å². The summed E-state index contributed by atoms with van der Waals surface area (Å²) < 4.78 is 11.0. The Morgan fingerprint density at radius 1 is 1.10 bits per heavy atom. The Bertz CT molecular complexity index is 1190. The summed E-state index contributed by atoms with van der Waals surface area (Å²) in [5.41, 5.74) is 2.96. The molecule has 1 atom stereocenters. The summed E-state index contributed by atoms with van der Waals surface area (Å²) in [6.45, 7) is 0.430. The highest BCUT2D eigenvalue weighted by molar-refractivity contribution is 6.07. The molecule has 0 aliphatic carbocycles. The second-order valence-electron chi connectivity index (χ2n) is 7.48. The maximum Gasteiger partial charge on any atom is 0.252 e. The first-order chi connectivity index (χ1) is 15.1. The zero-order valence-electron chi connectivity index (χ0n) is 17.8. The number of carbonyl (C=O) groups excluding carboxylic acids is 1. The van der Waals surface area contributed by atoms with Crippen LogP contribution in [0.1, 0.15) is 22.0 Å². The van der Waals surface area contributed by atoms with Crippen LogP contribution in [0.4, 0.5) is 0 Å². The number of benzene rings is 2. The first-order valence-electron chi connectivity index (χ1n) is 10.1. The number of para-hydroxylation sites is 2. The van der Waals surface area contributed by atoms with Gasteiger partial charge in [-0.05, 0) is 44.4 Å². The van der Waals surface area contributed by atoms with Crippen LogP contribution in [0.5, 0.6) is 5.75 Å². The molecule has 0 radical (unpaired) electrons. The number of likely N-dealkylation sites (N-methyl/N-ethyl adjacent to an activating group) is 1. The molecule has 158 valence electrons. The maximum absolute atomic E-state index is 13.3. The highest BCUT2D eigenvalue weighted by atomic mass is 16.5. The van der Waals surface area contributed by atoms with E-state index >= 15 is 0 Å². The third-order valence-electron chi connectivity index (χ3n) is 5.31. The number of fused-ring (bicyclic) bond motifs is 1. The van der Waals surface area contributed by atoms with Crippen LogP contribution in [0.15, 0.2) is 77.4 Å². The molecule has 1 N–H and O–H groups in total. The minimum Gasteiger partial charge on any atom is -0.496 e. The fourth-order valence-corrected chi connectivity index (χ4v) is 3.71. The van der Waals surface area contributed by atoms with Crippen molar-refractivity contribution >= 4 is 16.8 Å². The van der Waals surface area contributed by atoms with Gasteiger partial charge in [-0.3, -0.25) is 4.79 Å². The second-order valence-corrected chi connectivity index (χ2v) is 7.48. The zero-order valence-corrected chi connectivity index (χ0v) is 17.8. The Balaban J connectivity index is 1.65. The molecular formula is C25H25N3O3. The molecule has 0 aliphatic heterocycles. The minimum atomic E-state index is -0.159. The second kappa shape index (κ2) is 9.02. The number of hydrogen-bond acceptors (Lipinski definition) is 5. The van der Waals surface area contributed by atoms with E-state index in [1.807, 2.05) is 68.7 Å². The highest BCUT2D eigenvalue weighted by Gasteiger charge is 2.21. The number of pyridine rings is 1. The van der Waals surface area contributed by atoms with Gasteiger partial charge in [-0.1, -0.05) is 36.4 Å². The van der Waals surface area contributed by atoms with Crippen molar-refractivity contribution in [1.29, 1.82) is 0 Å². The largest absolute Gasteiger partial charge is 0.496 e. The SMILES string of the molecule is COc1ccccc1C(CNC(=O)c1cc(-c2ccco2)nc2ccccc12)N(C)C. The summed E-state index contributed by atoms with van der Waals surface area (Å²) in [6.07, 6.45) is 1.60. The van der Waals surface area contributed by atoms with Gasteiger partial charge < -0.3 is 19.4 Å². The molecule has 0 fully saturated rings. The van der Waals surface area contributed by atoms with Crippen LogP contribution in [0.2, 0.25) is 0 Å². The van der Waals surface area contributed by atoms with Crippen molar-refractivity contribution < 1.29 is 13.9 Å². The van der Waals surface area contributed by atoms with Crippen LogP contribution in [-0.4, -0.2) is 43.5 Å². The Morgan fingerprint density at radius 2 is 1.87 bits per heavy atom. The third kappa shape index (κ3) is 4.29. The topological polar surface area (TPSA) is 67.6 Å². The number of methoxy groups -OCH3 is 1. The summed E-state index contributed by atoms with van der Waals surface area (Å²) in [5.74, 6) is 1.26. The van der Waals surface area contributed by atoms with Gasteiger partial charge in [0.15, 0.2) is 5.76 Å². The first-order valence-corrected chi connectivity index (χ1v) is 10.1. The summed E-state index contributed by atoms with van der Waals surface area (Å²) in [4.78, 5) is 20.0. The summed E-state index contributed by atoms with van der Waals surface area (Å²) in [5, 5.41) is 3.90. The van der Waals surface area contributed by atoms with E-state index in [4.69, 9.17) is 9.15 Å². The Morgan fingerprint density at radius 3 is 2.61 bits per heavy atom. The number of hydrogen-bond donors (Lipinski definition) is 1. The van der Waals surface area contributed by atoms with Gasteiger partial charge in [-0.15, -0.1) is 0 Å². The number of nitrogens with one attached hydrogen (secondary N) is 1. The predicted octanol–water partition coefficient (Wildman–Crippen LogP) is 4.54. The van der Waals surface area contributed by atoms with E-state index in [1.165, 1.54) is 0 Å². The van der Waals surface area contributed by atoms with Crippen LogP contribution < -0.4 is 10.1 Å². The summed E-state index contributed by atoms with van der Waals surface area (Å²) >= 11 is 0. The number of furan rings is 1. The van der Waals surface area contributed by atoms with Gasteiger partial charge in [0, 0.05) is 17.5 Å². The molecule has 0 spiro atoms. The molecule has 2 aromatic heterocycles. The minimum absolute atomic E-state index is 0.0438. The molecule has 0 aliphatic rings. The van der Waals surface area contributed by atoms with E-state index in [2.05, 4.69) is 15.2 Å². The lowest BCUT2D eigenvalue weighted by Gasteiger charge is -2.26. The van der Waals surface area contributed by atoms with Crippen molar-refractivity contribution in [2.24, 2.45) is 0 Å². The number of ether oxygens (including phenoxy) is 1. The van der Waals surface area contributed by atoms with Gasteiger partial charge in [-0.25, -0.2) is 4.98 Å². The molecule has 1 unspecified atom stereocenters. The fraction of sp³-hybridized carbons (Fsp3) is 0.200. The summed E-state index contributed by atoms with van der Waals surface area (Å²) in [6, 6.07) is 20.9. The van der Waals surface area contributed by atoms with Gasteiger partial charge in [0.1, 0.15) is 11.4 Å². The van der Waals surface area contributed by atoms with E-state index in [1.54, 1.807) is 25.5 Å². The van der Waals surface area contributed by atoms with Crippen molar-refractivity contribution in [3.63, 3.8) is 0 Å². The molecule has 1 amide bonds. The monoisotopic (exact) mass is 415 g/mol. The smallest absolute Gasteiger partial charge is 0.252 e. The van der Waals surface area contributed by atoms with E-state index in [0.29, 0.717) is 23.6 Å². The standard InChI is InChI=1S/C25H25N3O3/c1-28(2)22(18-10-5-7-12-23(18)30-3)16-26-25(29)19-15-21(24-13-8-14-31-24)27-20-11-6-4-9-17(19)20/h4-15,22H,16H2,1-3H3,(H,26,29). The lowest BCUT2D eigenvalue weighted by atomic mass is 10.0. The molecule has 6 nitrogen and oxygen atoms in total. The Kier molecular flexibility index (Phi) is 6.00. The molecule has 0 bridgehead atoms. The average molecular weight is 415 g/mol. The van der Waals surface area contributed by atoms with Crippen LogP contribution in [0.25, 0.3) is 22.4 Å². The van der Waals surface area contributed by atoms with Crippen molar-refractivity contribution in [3.05, 3.63) is 84.1 Å². The predicted molar refractivity (Wildman–Crippen MR) is 121 cm³/mol. The molecular weight excluding hydrogens is 390 g/mol. The van der Waals surface area contributed by atoms with E-state index in [0.717, 1.165) is 22.2 Å².